The summed E-state index contributed by atoms with van der Waals surface area (Å²) >= 11 is 6.25. The van der Waals surface area contributed by atoms with Gasteiger partial charge >= 0.3 is 5.97 Å². The Bertz CT molecular complexity index is 1350. The van der Waals surface area contributed by atoms with Gasteiger partial charge in [0.05, 0.1) is 11.5 Å². The summed E-state index contributed by atoms with van der Waals surface area (Å²) in [6.45, 7) is 3.91. The van der Waals surface area contributed by atoms with Gasteiger partial charge in [0.1, 0.15) is 0 Å². The fourth-order valence-electron chi connectivity index (χ4n) is 4.83. The molecule has 2 unspecified atom stereocenters. The molecule has 1 aliphatic rings. The Morgan fingerprint density at radius 1 is 1.19 bits per heavy atom. The number of sulfone groups is 1. The van der Waals surface area contributed by atoms with Gasteiger partial charge in [0, 0.05) is 40.6 Å². The number of rotatable bonds is 9. The van der Waals surface area contributed by atoms with Crippen molar-refractivity contribution in [2.45, 2.75) is 51.7 Å². The minimum atomic E-state index is -3.14. The van der Waals surface area contributed by atoms with Crippen molar-refractivity contribution in [2.75, 3.05) is 18.1 Å². The number of aromatic nitrogens is 1. The molecule has 1 aromatic heterocycles. The van der Waals surface area contributed by atoms with Crippen LogP contribution in [0, 0.1) is 0 Å². The topological polar surface area (TPSA) is 96.5 Å². The molecule has 1 saturated heterocycles. The smallest absolute Gasteiger partial charge is 0.306 e. The van der Waals surface area contributed by atoms with E-state index in [-0.39, 0.29) is 29.9 Å². The highest BCUT2D eigenvalue weighted by atomic mass is 35.5. The maximum absolute atomic E-state index is 13.1. The number of hydrogen-bond donors (Lipinski definition) is 1. The average molecular weight is 531 g/mol. The SMILES string of the molecule is CCCN(C(=O)C(C)OC(=O)CCc1c(-c2ccccc2)[nH]c2ccc(Cl)cc12)C1CCS(=O)(=O)C1. The summed E-state index contributed by atoms with van der Waals surface area (Å²) in [5.74, 6) is -0.791. The van der Waals surface area contributed by atoms with Crippen molar-refractivity contribution in [3.63, 3.8) is 0 Å². The van der Waals surface area contributed by atoms with E-state index < -0.39 is 21.9 Å². The molecule has 1 fully saturated rings. The van der Waals surface area contributed by atoms with Crippen molar-refractivity contribution >= 4 is 44.2 Å². The van der Waals surface area contributed by atoms with Gasteiger partial charge in [-0.3, -0.25) is 9.59 Å². The molecular weight excluding hydrogens is 500 g/mol. The lowest BCUT2D eigenvalue weighted by Gasteiger charge is -2.30. The molecule has 0 saturated carbocycles. The Balaban J connectivity index is 1.46. The Morgan fingerprint density at radius 2 is 1.94 bits per heavy atom. The Hall–Kier alpha value is -2.84. The van der Waals surface area contributed by atoms with Gasteiger partial charge in [-0.25, -0.2) is 8.42 Å². The van der Waals surface area contributed by atoms with Crippen LogP contribution in [-0.4, -0.2) is 60.4 Å². The number of nitrogens with zero attached hydrogens (tertiary/aromatic N) is 1. The number of aryl methyl sites for hydroxylation is 1. The van der Waals surface area contributed by atoms with E-state index in [0.717, 1.165) is 27.7 Å². The van der Waals surface area contributed by atoms with E-state index in [0.29, 0.717) is 30.8 Å². The normalized spacial score (nSPS) is 17.7. The molecule has 0 bridgehead atoms. The lowest BCUT2D eigenvalue weighted by atomic mass is 10.0. The zero-order valence-electron chi connectivity index (χ0n) is 20.5. The quantitative estimate of drug-likeness (QED) is 0.402. The van der Waals surface area contributed by atoms with Crippen LogP contribution in [0.3, 0.4) is 0 Å². The third-order valence-corrected chi connectivity index (χ3v) is 8.55. The summed E-state index contributed by atoms with van der Waals surface area (Å²) in [6.07, 6.45) is 0.610. The largest absolute Gasteiger partial charge is 0.453 e. The summed E-state index contributed by atoms with van der Waals surface area (Å²) in [7, 11) is -3.14. The fourth-order valence-corrected chi connectivity index (χ4v) is 6.74. The van der Waals surface area contributed by atoms with E-state index in [1.54, 1.807) is 11.8 Å². The van der Waals surface area contributed by atoms with Crippen LogP contribution in [0.25, 0.3) is 22.2 Å². The number of fused-ring (bicyclic) bond motifs is 1. The first kappa shape index (κ1) is 26.2. The predicted molar refractivity (Wildman–Crippen MR) is 142 cm³/mol. The molecule has 1 amide bonds. The maximum Gasteiger partial charge on any atom is 0.306 e. The maximum atomic E-state index is 13.1. The number of hydrogen-bond acceptors (Lipinski definition) is 5. The van der Waals surface area contributed by atoms with Crippen LogP contribution in [0.1, 0.15) is 38.7 Å². The summed E-state index contributed by atoms with van der Waals surface area (Å²) in [5, 5.41) is 1.55. The fraction of sp³-hybridized carbons (Fsp3) is 0.407. The van der Waals surface area contributed by atoms with Crippen molar-refractivity contribution in [2.24, 2.45) is 0 Å². The van der Waals surface area contributed by atoms with Gasteiger partial charge in [-0.15, -0.1) is 0 Å². The number of carbonyl (C=O) groups excluding carboxylic acids is 2. The van der Waals surface area contributed by atoms with Gasteiger partial charge in [-0.05, 0) is 55.5 Å². The molecule has 4 rings (SSSR count). The number of amides is 1. The molecule has 2 atom stereocenters. The first-order valence-electron chi connectivity index (χ1n) is 12.2. The minimum Gasteiger partial charge on any atom is -0.453 e. The van der Waals surface area contributed by atoms with Crippen LogP contribution in [0.4, 0.5) is 0 Å². The predicted octanol–water partition coefficient (Wildman–Crippen LogP) is 4.78. The molecule has 0 aliphatic carbocycles. The number of ether oxygens (including phenoxy) is 1. The second-order valence-electron chi connectivity index (χ2n) is 9.26. The third-order valence-electron chi connectivity index (χ3n) is 6.56. The Morgan fingerprint density at radius 3 is 2.61 bits per heavy atom. The van der Waals surface area contributed by atoms with Crippen molar-refractivity contribution in [3.8, 4) is 11.3 Å². The van der Waals surface area contributed by atoms with Crippen molar-refractivity contribution in [3.05, 3.63) is 59.1 Å². The van der Waals surface area contributed by atoms with Gasteiger partial charge in [0.15, 0.2) is 15.9 Å². The van der Waals surface area contributed by atoms with Crippen LogP contribution < -0.4 is 0 Å². The molecule has 2 aromatic carbocycles. The number of nitrogens with one attached hydrogen (secondary N) is 1. The molecule has 0 spiro atoms. The summed E-state index contributed by atoms with van der Waals surface area (Å²) in [4.78, 5) is 30.9. The number of H-pyrrole nitrogens is 1. The standard InChI is InChI=1S/C27H31ClN2O5S/c1-3-14-30(21-13-15-36(33,34)17-21)27(32)18(2)35-25(31)12-10-22-23-16-20(28)9-11-24(23)29-26(22)19-7-5-4-6-8-19/h4-9,11,16,18,21,29H,3,10,12-15,17H2,1-2H3. The summed E-state index contributed by atoms with van der Waals surface area (Å²) in [5.41, 5.74) is 3.80. The highest BCUT2D eigenvalue weighted by molar-refractivity contribution is 7.91. The Labute approximate surface area is 216 Å². The van der Waals surface area contributed by atoms with E-state index in [2.05, 4.69) is 4.98 Å². The summed E-state index contributed by atoms with van der Waals surface area (Å²) in [6, 6.07) is 15.1. The van der Waals surface area contributed by atoms with Gasteiger partial charge < -0.3 is 14.6 Å². The Kier molecular flexibility index (Phi) is 8.05. The van der Waals surface area contributed by atoms with Gasteiger partial charge in [0.2, 0.25) is 0 Å². The minimum absolute atomic E-state index is 0.0369. The lowest BCUT2D eigenvalue weighted by Crippen LogP contribution is -2.47. The van der Waals surface area contributed by atoms with Crippen LogP contribution in [0.5, 0.6) is 0 Å². The van der Waals surface area contributed by atoms with E-state index in [1.807, 2.05) is 55.5 Å². The third kappa shape index (κ3) is 5.93. The van der Waals surface area contributed by atoms with Crippen LogP contribution in [0.2, 0.25) is 5.02 Å². The van der Waals surface area contributed by atoms with E-state index in [1.165, 1.54) is 0 Å². The number of esters is 1. The zero-order valence-corrected chi connectivity index (χ0v) is 22.1. The highest BCUT2D eigenvalue weighted by Gasteiger charge is 2.36. The molecular formula is C27H31ClN2O5S. The number of carbonyl (C=O) groups is 2. The number of benzene rings is 2. The molecule has 9 heteroatoms. The summed E-state index contributed by atoms with van der Waals surface area (Å²) < 4.78 is 29.4. The monoisotopic (exact) mass is 530 g/mol. The molecule has 1 aliphatic heterocycles. The van der Waals surface area contributed by atoms with Gasteiger partial charge in [-0.2, -0.15) is 0 Å². The number of aromatic amines is 1. The molecule has 2 heterocycles. The zero-order chi connectivity index (χ0) is 25.9. The van der Waals surface area contributed by atoms with Gasteiger partial charge in [0.25, 0.3) is 5.91 Å². The average Bonchev–Trinajstić information content (AvgIpc) is 3.40. The highest BCUT2D eigenvalue weighted by Crippen LogP contribution is 2.33. The van der Waals surface area contributed by atoms with E-state index in [4.69, 9.17) is 16.3 Å². The molecule has 1 N–H and O–H groups in total. The van der Waals surface area contributed by atoms with E-state index in [9.17, 15) is 18.0 Å². The molecule has 36 heavy (non-hydrogen) atoms. The van der Waals surface area contributed by atoms with Crippen LogP contribution in [-0.2, 0) is 30.6 Å². The van der Waals surface area contributed by atoms with Crippen LogP contribution >= 0.6 is 11.6 Å². The van der Waals surface area contributed by atoms with E-state index >= 15 is 0 Å². The first-order chi connectivity index (χ1) is 17.2. The molecule has 192 valence electrons. The van der Waals surface area contributed by atoms with Gasteiger partial charge in [-0.1, -0.05) is 48.9 Å². The molecule has 3 aromatic rings. The molecule has 0 radical (unpaired) electrons. The second-order valence-corrected chi connectivity index (χ2v) is 11.9. The lowest BCUT2D eigenvalue weighted by molar-refractivity contribution is -0.160. The van der Waals surface area contributed by atoms with Crippen molar-refractivity contribution in [1.82, 2.24) is 9.88 Å². The number of halogens is 1. The second kappa shape index (κ2) is 11.0. The first-order valence-corrected chi connectivity index (χ1v) is 14.4. The molecule has 7 nitrogen and oxygen atoms in total. The van der Waals surface area contributed by atoms with Crippen LogP contribution in [0.15, 0.2) is 48.5 Å². The van der Waals surface area contributed by atoms with Crippen molar-refractivity contribution < 1.29 is 22.7 Å². The van der Waals surface area contributed by atoms with Crippen molar-refractivity contribution in [1.29, 1.82) is 0 Å².